The number of aliphatic hydroxyl groups is 1. The molecule has 4 N–H and O–H groups in total. The number of piperidine rings is 1. The fraction of sp³-hybridized carbons (Fsp3) is 0.909. The van der Waals surface area contributed by atoms with E-state index in [1.807, 2.05) is 6.92 Å². The van der Waals surface area contributed by atoms with Gasteiger partial charge in [-0.3, -0.25) is 10.2 Å². The van der Waals surface area contributed by atoms with E-state index in [4.69, 9.17) is 5.84 Å². The molecule has 1 saturated heterocycles. The Hall–Kier alpha value is -0.650. The number of rotatable bonds is 5. The number of unbranched alkanes of at least 4 members (excludes halogenated alkanes) is 1. The van der Waals surface area contributed by atoms with Gasteiger partial charge in [0.2, 0.25) is 5.91 Å². The van der Waals surface area contributed by atoms with Crippen LogP contribution in [0, 0.1) is 0 Å². The monoisotopic (exact) mass is 229 g/mol. The summed E-state index contributed by atoms with van der Waals surface area (Å²) in [4.78, 5) is 13.2. The van der Waals surface area contributed by atoms with Gasteiger partial charge in [-0.25, -0.2) is 5.84 Å². The SMILES string of the molecule is CC1(O)CCN(CCCCC(=O)NN)CC1. The lowest BCUT2D eigenvalue weighted by atomic mass is 9.94. The summed E-state index contributed by atoms with van der Waals surface area (Å²) in [6, 6.07) is 0. The Bertz CT molecular complexity index is 221. The number of carbonyl (C=O) groups is 1. The summed E-state index contributed by atoms with van der Waals surface area (Å²) >= 11 is 0. The van der Waals surface area contributed by atoms with Crippen LogP contribution < -0.4 is 11.3 Å². The van der Waals surface area contributed by atoms with E-state index in [-0.39, 0.29) is 5.91 Å². The van der Waals surface area contributed by atoms with Crippen LogP contribution in [-0.4, -0.2) is 41.1 Å². The third kappa shape index (κ3) is 4.92. The van der Waals surface area contributed by atoms with Gasteiger partial charge in [0.05, 0.1) is 5.60 Å². The first-order valence-corrected chi connectivity index (χ1v) is 5.98. The molecule has 0 aromatic rings. The average molecular weight is 229 g/mol. The quantitative estimate of drug-likeness (QED) is 0.268. The molecule has 0 spiro atoms. The number of nitrogens with one attached hydrogen (secondary N) is 1. The van der Waals surface area contributed by atoms with Crippen LogP contribution in [-0.2, 0) is 4.79 Å². The second-order valence-electron chi connectivity index (χ2n) is 4.86. The minimum absolute atomic E-state index is 0.0958. The maximum absolute atomic E-state index is 10.9. The van der Waals surface area contributed by atoms with E-state index in [2.05, 4.69) is 10.3 Å². The number of amides is 1. The van der Waals surface area contributed by atoms with E-state index in [0.29, 0.717) is 6.42 Å². The average Bonchev–Trinajstić information content (AvgIpc) is 2.26. The smallest absolute Gasteiger partial charge is 0.233 e. The standard InChI is InChI=1S/C11H23N3O2/c1-11(16)5-8-14(9-6-11)7-3-2-4-10(15)13-12/h16H,2-9,12H2,1H3,(H,13,15). The van der Waals surface area contributed by atoms with Gasteiger partial charge in [-0.05, 0) is 39.2 Å². The molecule has 1 aliphatic rings. The van der Waals surface area contributed by atoms with Gasteiger partial charge >= 0.3 is 0 Å². The molecule has 0 atom stereocenters. The highest BCUT2D eigenvalue weighted by atomic mass is 16.3. The number of hydrazine groups is 1. The van der Waals surface area contributed by atoms with Gasteiger partial charge in [0.15, 0.2) is 0 Å². The number of hydrogen-bond donors (Lipinski definition) is 3. The summed E-state index contributed by atoms with van der Waals surface area (Å²) in [6.45, 7) is 4.82. The van der Waals surface area contributed by atoms with E-state index in [9.17, 15) is 9.90 Å². The van der Waals surface area contributed by atoms with Crippen molar-refractivity contribution in [1.29, 1.82) is 0 Å². The van der Waals surface area contributed by atoms with E-state index in [1.54, 1.807) is 0 Å². The van der Waals surface area contributed by atoms with Crippen LogP contribution in [0.2, 0.25) is 0 Å². The minimum atomic E-state index is -0.476. The predicted octanol–water partition coefficient (Wildman–Crippen LogP) is -0.00660. The van der Waals surface area contributed by atoms with Crippen LogP contribution in [0.1, 0.15) is 39.0 Å². The Labute approximate surface area is 97.0 Å². The normalized spacial score (nSPS) is 20.7. The second kappa shape index (κ2) is 6.18. The predicted molar refractivity (Wildman–Crippen MR) is 62.5 cm³/mol. The first-order valence-electron chi connectivity index (χ1n) is 5.98. The molecule has 5 heteroatoms. The molecule has 0 aromatic carbocycles. The molecular weight excluding hydrogens is 206 g/mol. The molecular formula is C11H23N3O2. The highest BCUT2D eigenvalue weighted by molar-refractivity contribution is 5.75. The molecule has 0 aromatic heterocycles. The van der Waals surface area contributed by atoms with Crippen LogP contribution in [0.5, 0.6) is 0 Å². The molecule has 5 nitrogen and oxygen atoms in total. The zero-order valence-electron chi connectivity index (χ0n) is 10.0. The topological polar surface area (TPSA) is 78.6 Å². The number of carbonyl (C=O) groups excluding carboxylic acids is 1. The number of hydrogen-bond acceptors (Lipinski definition) is 4. The third-order valence-electron chi connectivity index (χ3n) is 3.22. The van der Waals surface area contributed by atoms with Crippen molar-refractivity contribution < 1.29 is 9.90 Å². The van der Waals surface area contributed by atoms with Crippen LogP contribution in [0.4, 0.5) is 0 Å². The fourth-order valence-electron chi connectivity index (χ4n) is 1.95. The first kappa shape index (κ1) is 13.4. The molecule has 0 aliphatic carbocycles. The largest absolute Gasteiger partial charge is 0.390 e. The fourth-order valence-corrected chi connectivity index (χ4v) is 1.95. The summed E-state index contributed by atoms with van der Waals surface area (Å²) in [5.41, 5.74) is 1.65. The lowest BCUT2D eigenvalue weighted by Gasteiger charge is -2.35. The van der Waals surface area contributed by atoms with E-state index >= 15 is 0 Å². The van der Waals surface area contributed by atoms with Crippen molar-refractivity contribution in [3.63, 3.8) is 0 Å². The van der Waals surface area contributed by atoms with Gasteiger partial charge in [-0.2, -0.15) is 0 Å². The van der Waals surface area contributed by atoms with Crippen molar-refractivity contribution in [3.05, 3.63) is 0 Å². The van der Waals surface area contributed by atoms with Gasteiger partial charge in [-0.1, -0.05) is 0 Å². The van der Waals surface area contributed by atoms with Crippen molar-refractivity contribution in [2.45, 2.75) is 44.6 Å². The Morgan fingerprint density at radius 2 is 2.06 bits per heavy atom. The molecule has 16 heavy (non-hydrogen) atoms. The Kier molecular flexibility index (Phi) is 5.18. The summed E-state index contributed by atoms with van der Waals surface area (Å²) in [6.07, 6.45) is 4.07. The Morgan fingerprint density at radius 3 is 2.62 bits per heavy atom. The van der Waals surface area contributed by atoms with E-state index in [1.165, 1.54) is 0 Å². The molecule has 0 saturated carbocycles. The minimum Gasteiger partial charge on any atom is -0.390 e. The van der Waals surface area contributed by atoms with Gasteiger partial charge < -0.3 is 10.0 Å². The van der Waals surface area contributed by atoms with Gasteiger partial charge in [0.1, 0.15) is 0 Å². The number of likely N-dealkylation sites (tertiary alicyclic amines) is 1. The lowest BCUT2D eigenvalue weighted by molar-refractivity contribution is -0.121. The molecule has 0 unspecified atom stereocenters. The van der Waals surface area contributed by atoms with Gasteiger partial charge in [-0.15, -0.1) is 0 Å². The number of nitrogens with zero attached hydrogens (tertiary/aromatic N) is 1. The molecule has 94 valence electrons. The van der Waals surface area contributed by atoms with Crippen molar-refractivity contribution in [1.82, 2.24) is 10.3 Å². The summed E-state index contributed by atoms with van der Waals surface area (Å²) in [5, 5.41) is 9.78. The lowest BCUT2D eigenvalue weighted by Crippen LogP contribution is -2.42. The zero-order chi connectivity index (χ0) is 12.0. The van der Waals surface area contributed by atoms with Crippen molar-refractivity contribution >= 4 is 5.91 Å². The van der Waals surface area contributed by atoms with Crippen molar-refractivity contribution in [3.8, 4) is 0 Å². The molecule has 0 bridgehead atoms. The van der Waals surface area contributed by atoms with E-state index in [0.717, 1.165) is 45.3 Å². The first-order chi connectivity index (χ1) is 7.53. The molecule has 0 radical (unpaired) electrons. The molecule has 1 rings (SSSR count). The van der Waals surface area contributed by atoms with Crippen LogP contribution in [0.25, 0.3) is 0 Å². The highest BCUT2D eigenvalue weighted by Gasteiger charge is 2.26. The summed E-state index contributed by atoms with van der Waals surface area (Å²) in [5.74, 6) is 4.89. The number of nitrogens with two attached hydrogens (primary N) is 1. The maximum Gasteiger partial charge on any atom is 0.233 e. The van der Waals surface area contributed by atoms with Gasteiger partial charge in [0.25, 0.3) is 0 Å². The molecule has 1 amide bonds. The Morgan fingerprint density at radius 1 is 1.44 bits per heavy atom. The third-order valence-corrected chi connectivity index (χ3v) is 3.22. The second-order valence-corrected chi connectivity index (χ2v) is 4.86. The van der Waals surface area contributed by atoms with Crippen molar-refractivity contribution in [2.24, 2.45) is 5.84 Å². The van der Waals surface area contributed by atoms with Crippen LogP contribution in [0.3, 0.4) is 0 Å². The van der Waals surface area contributed by atoms with Crippen molar-refractivity contribution in [2.75, 3.05) is 19.6 Å². The molecule has 1 fully saturated rings. The highest BCUT2D eigenvalue weighted by Crippen LogP contribution is 2.21. The van der Waals surface area contributed by atoms with Crippen LogP contribution >= 0.6 is 0 Å². The maximum atomic E-state index is 10.9. The summed E-state index contributed by atoms with van der Waals surface area (Å²) < 4.78 is 0. The summed E-state index contributed by atoms with van der Waals surface area (Å²) in [7, 11) is 0. The molecule has 1 aliphatic heterocycles. The van der Waals surface area contributed by atoms with Crippen LogP contribution in [0.15, 0.2) is 0 Å². The molecule has 1 heterocycles. The van der Waals surface area contributed by atoms with Gasteiger partial charge in [0, 0.05) is 19.5 Å². The zero-order valence-corrected chi connectivity index (χ0v) is 10.0. The van der Waals surface area contributed by atoms with E-state index < -0.39 is 5.60 Å². The Balaban J connectivity index is 2.04.